The van der Waals surface area contributed by atoms with Crippen molar-refractivity contribution >= 4 is 13.3 Å². The van der Waals surface area contributed by atoms with Gasteiger partial charge in [-0.05, 0) is 35.2 Å². The predicted octanol–water partition coefficient (Wildman–Crippen LogP) is 5.17. The summed E-state index contributed by atoms with van der Waals surface area (Å²) in [5.41, 5.74) is 1.09. The minimum atomic E-state index is -3.40. The van der Waals surface area contributed by atoms with E-state index in [9.17, 15) is 14.7 Å². The van der Waals surface area contributed by atoms with Crippen LogP contribution in [0.4, 0.5) is 5.69 Å². The van der Waals surface area contributed by atoms with E-state index in [1.165, 1.54) is 30.9 Å². The number of nitrogens with zero attached hydrogens (tertiary/aromatic N) is 1. The first-order valence-corrected chi connectivity index (χ1v) is 9.37. The molecule has 2 aromatic rings. The molecule has 24 heavy (non-hydrogen) atoms. The molecule has 7 heteroatoms. The van der Waals surface area contributed by atoms with E-state index in [0.717, 1.165) is 5.56 Å². The molecule has 6 nitrogen and oxygen atoms in total. The summed E-state index contributed by atoms with van der Waals surface area (Å²) in [6.07, 6.45) is 0. The van der Waals surface area contributed by atoms with Gasteiger partial charge >= 0.3 is 7.60 Å². The maximum absolute atomic E-state index is 12.5. The summed E-state index contributed by atoms with van der Waals surface area (Å²) in [6, 6.07) is 12.7. The monoisotopic (exact) mass is 349 g/mol. The molecule has 2 rings (SSSR count). The lowest BCUT2D eigenvalue weighted by atomic mass is 9.87. The normalized spacial score (nSPS) is 13.8. The van der Waals surface area contributed by atoms with Crippen LogP contribution in [-0.2, 0) is 9.98 Å². The third kappa shape index (κ3) is 4.83. The van der Waals surface area contributed by atoms with E-state index in [1.54, 1.807) is 12.1 Å². The second kappa shape index (κ2) is 6.65. The Hall–Kier alpha value is -2.33. The maximum atomic E-state index is 12.5. The zero-order valence-corrected chi connectivity index (χ0v) is 14.9. The van der Waals surface area contributed by atoms with Crippen LogP contribution < -0.4 is 9.05 Å². The van der Waals surface area contributed by atoms with Gasteiger partial charge in [0, 0.05) is 12.1 Å². The Morgan fingerprint density at radius 3 is 1.71 bits per heavy atom. The molecule has 0 aromatic heterocycles. The van der Waals surface area contributed by atoms with E-state index in [2.05, 4.69) is 20.8 Å². The van der Waals surface area contributed by atoms with Crippen LogP contribution in [0.15, 0.2) is 48.5 Å². The number of hydrogen-bond donors (Lipinski definition) is 0. The Morgan fingerprint density at radius 2 is 1.33 bits per heavy atom. The highest BCUT2D eigenvalue weighted by molar-refractivity contribution is 7.53. The van der Waals surface area contributed by atoms with Crippen molar-refractivity contribution in [1.29, 1.82) is 0 Å². The fraction of sp³-hybridized carbons (Fsp3) is 0.294. The first kappa shape index (κ1) is 18.0. The molecular weight excluding hydrogens is 329 g/mol. The lowest BCUT2D eigenvalue weighted by molar-refractivity contribution is -0.384. The first-order valence-electron chi connectivity index (χ1n) is 7.38. The van der Waals surface area contributed by atoms with Crippen molar-refractivity contribution in [3.05, 3.63) is 64.2 Å². The Bertz CT molecular complexity index is 763. The van der Waals surface area contributed by atoms with E-state index in [1.807, 2.05) is 12.1 Å². The van der Waals surface area contributed by atoms with Crippen LogP contribution in [0.1, 0.15) is 26.3 Å². The number of nitro groups is 1. The molecule has 0 spiro atoms. The highest BCUT2D eigenvalue weighted by Gasteiger charge is 2.21. The molecule has 0 saturated heterocycles. The van der Waals surface area contributed by atoms with Crippen LogP contribution in [-0.4, -0.2) is 11.6 Å². The fourth-order valence-corrected chi connectivity index (χ4v) is 3.09. The summed E-state index contributed by atoms with van der Waals surface area (Å²) in [5, 5.41) is 10.6. The molecule has 128 valence electrons. The largest absolute Gasteiger partial charge is 0.427 e. The van der Waals surface area contributed by atoms with Crippen LogP contribution in [0.3, 0.4) is 0 Å². The van der Waals surface area contributed by atoms with Crippen molar-refractivity contribution in [2.45, 2.75) is 26.2 Å². The number of nitro benzene ring substituents is 1. The molecule has 0 aliphatic rings. The first-order chi connectivity index (χ1) is 11.1. The van der Waals surface area contributed by atoms with Crippen LogP contribution in [0.5, 0.6) is 11.5 Å². The average molecular weight is 349 g/mol. The topological polar surface area (TPSA) is 78.7 Å². The van der Waals surface area contributed by atoms with Crippen molar-refractivity contribution in [2.75, 3.05) is 6.66 Å². The number of rotatable bonds is 5. The predicted molar refractivity (Wildman–Crippen MR) is 93.0 cm³/mol. The highest BCUT2D eigenvalue weighted by atomic mass is 31.2. The lowest BCUT2D eigenvalue weighted by Crippen LogP contribution is -2.10. The van der Waals surface area contributed by atoms with Gasteiger partial charge in [-0.15, -0.1) is 0 Å². The molecule has 0 aliphatic carbocycles. The molecule has 0 aliphatic heterocycles. The fourth-order valence-electron chi connectivity index (χ4n) is 2.05. The van der Waals surface area contributed by atoms with Crippen molar-refractivity contribution < 1.29 is 18.5 Å². The lowest BCUT2D eigenvalue weighted by Gasteiger charge is -2.20. The van der Waals surface area contributed by atoms with E-state index < -0.39 is 12.5 Å². The zero-order chi connectivity index (χ0) is 18.0. The smallest absolute Gasteiger partial charge is 0.416 e. The quantitative estimate of drug-likeness (QED) is 0.422. The van der Waals surface area contributed by atoms with Gasteiger partial charge in [0.2, 0.25) is 0 Å². The minimum Gasteiger partial charge on any atom is -0.416 e. The standard InChI is InChI=1S/C17H20NO5P/c1-17(2,3)13-5-9-15(10-6-13)22-24(4,21)23-16-11-7-14(8-12-16)18(19)20/h5-12H,1-4H3. The van der Waals surface area contributed by atoms with E-state index in [0.29, 0.717) is 5.75 Å². The van der Waals surface area contributed by atoms with Crippen LogP contribution >= 0.6 is 7.60 Å². The van der Waals surface area contributed by atoms with E-state index >= 15 is 0 Å². The molecule has 0 saturated carbocycles. The SMILES string of the molecule is CC(C)(C)c1ccc(OP(C)(=O)Oc2ccc([N+](=O)[O-])cc2)cc1. The highest BCUT2D eigenvalue weighted by Crippen LogP contribution is 2.45. The minimum absolute atomic E-state index is 0.0176. The average Bonchev–Trinajstić information content (AvgIpc) is 2.46. The summed E-state index contributed by atoms with van der Waals surface area (Å²) in [4.78, 5) is 10.1. The molecule has 2 aromatic carbocycles. The molecular formula is C17H20NO5P. The van der Waals surface area contributed by atoms with Crippen LogP contribution in [0.25, 0.3) is 0 Å². The van der Waals surface area contributed by atoms with Gasteiger partial charge in [-0.3, -0.25) is 10.1 Å². The number of benzene rings is 2. The Balaban J connectivity index is 2.07. The molecule has 0 N–H and O–H groups in total. The second-order valence-electron chi connectivity index (χ2n) is 6.48. The summed E-state index contributed by atoms with van der Waals surface area (Å²) in [6.45, 7) is 7.66. The van der Waals surface area contributed by atoms with Gasteiger partial charge in [0.1, 0.15) is 11.5 Å². The van der Waals surface area contributed by atoms with E-state index in [-0.39, 0.29) is 16.9 Å². The Morgan fingerprint density at radius 1 is 0.917 bits per heavy atom. The molecule has 1 atom stereocenters. The molecule has 0 amide bonds. The van der Waals surface area contributed by atoms with Crippen molar-refractivity contribution in [1.82, 2.24) is 0 Å². The van der Waals surface area contributed by atoms with Crippen LogP contribution in [0, 0.1) is 10.1 Å². The summed E-state index contributed by atoms with van der Waals surface area (Å²) in [5.74, 6) is 0.688. The van der Waals surface area contributed by atoms with Gasteiger partial charge < -0.3 is 9.05 Å². The van der Waals surface area contributed by atoms with Gasteiger partial charge in [0.05, 0.1) is 11.6 Å². The molecule has 0 heterocycles. The second-order valence-corrected chi connectivity index (χ2v) is 8.39. The maximum Gasteiger partial charge on any atom is 0.427 e. The molecule has 0 bridgehead atoms. The Labute approximate surface area is 141 Å². The third-order valence-electron chi connectivity index (χ3n) is 3.31. The molecule has 0 fully saturated rings. The van der Waals surface area contributed by atoms with E-state index in [4.69, 9.17) is 9.05 Å². The molecule has 1 unspecified atom stereocenters. The summed E-state index contributed by atoms with van der Waals surface area (Å²) < 4.78 is 23.3. The molecule has 0 radical (unpaired) electrons. The van der Waals surface area contributed by atoms with Crippen molar-refractivity contribution in [2.24, 2.45) is 0 Å². The zero-order valence-electron chi connectivity index (χ0n) is 14.1. The van der Waals surface area contributed by atoms with Crippen molar-refractivity contribution in [3.8, 4) is 11.5 Å². The number of non-ortho nitro benzene ring substituents is 1. The van der Waals surface area contributed by atoms with Gasteiger partial charge in [0.15, 0.2) is 0 Å². The van der Waals surface area contributed by atoms with Gasteiger partial charge in [-0.1, -0.05) is 32.9 Å². The van der Waals surface area contributed by atoms with Gasteiger partial charge in [-0.2, -0.15) is 0 Å². The van der Waals surface area contributed by atoms with Crippen molar-refractivity contribution in [3.63, 3.8) is 0 Å². The Kier molecular flexibility index (Phi) is 4.99. The third-order valence-corrected chi connectivity index (χ3v) is 4.40. The number of hydrogen-bond acceptors (Lipinski definition) is 5. The summed E-state index contributed by atoms with van der Waals surface area (Å²) >= 11 is 0. The van der Waals surface area contributed by atoms with Gasteiger partial charge in [0.25, 0.3) is 5.69 Å². The van der Waals surface area contributed by atoms with Crippen LogP contribution in [0.2, 0.25) is 0 Å². The van der Waals surface area contributed by atoms with Gasteiger partial charge in [-0.25, -0.2) is 4.57 Å². The summed E-state index contributed by atoms with van der Waals surface area (Å²) in [7, 11) is -3.40.